The molecule has 0 bridgehead atoms. The Morgan fingerprint density at radius 3 is 2.53 bits per heavy atom. The van der Waals surface area contributed by atoms with Gasteiger partial charge in [-0.15, -0.1) is 0 Å². The number of hydrogen-bond acceptors (Lipinski definition) is 6. The monoisotopic (exact) mass is 512 g/mol. The highest BCUT2D eigenvalue weighted by atomic mass is 35.5. The van der Waals surface area contributed by atoms with E-state index in [1.807, 2.05) is 55.5 Å². The second-order valence-electron chi connectivity index (χ2n) is 8.88. The Balaban J connectivity index is 1.55. The molecule has 0 saturated carbocycles. The number of ether oxygens (including phenoxy) is 2. The Labute approximate surface area is 217 Å². The van der Waals surface area contributed by atoms with Gasteiger partial charge in [-0.25, -0.2) is 5.01 Å². The Hall–Kier alpha value is -2.94. The number of carbonyl (C=O) groups is 2. The van der Waals surface area contributed by atoms with E-state index >= 15 is 0 Å². The van der Waals surface area contributed by atoms with Crippen LogP contribution in [0.3, 0.4) is 0 Å². The number of benzene rings is 2. The first-order valence-electron chi connectivity index (χ1n) is 12.4. The standard InChI is InChI=1S/C27H33ClN4O4/c1-3-26(33)31(13-12-30-14-16-36-17-15-30)19-27(34)32-25(20-8-10-21(35-2)11-9-20)18-24(29-32)22-6-4-5-7-23(22)28/h4-11,25H,3,12-19H2,1-2H3/t25-/m1/s1. The molecule has 9 heteroatoms. The van der Waals surface area contributed by atoms with Crippen LogP contribution in [0.1, 0.15) is 36.9 Å². The molecule has 0 N–H and O–H groups in total. The number of amides is 2. The molecule has 0 aromatic heterocycles. The maximum atomic E-state index is 13.6. The predicted octanol–water partition coefficient (Wildman–Crippen LogP) is 3.60. The minimum Gasteiger partial charge on any atom is -0.497 e. The van der Waals surface area contributed by atoms with Crippen LogP contribution in [0, 0.1) is 0 Å². The fourth-order valence-corrected chi connectivity index (χ4v) is 4.77. The molecule has 0 aliphatic carbocycles. The third kappa shape index (κ3) is 6.24. The predicted molar refractivity (Wildman–Crippen MR) is 139 cm³/mol. The molecule has 2 aromatic rings. The van der Waals surface area contributed by atoms with Gasteiger partial charge in [-0.05, 0) is 23.8 Å². The summed E-state index contributed by atoms with van der Waals surface area (Å²) in [6.07, 6.45) is 0.865. The van der Waals surface area contributed by atoms with Crippen molar-refractivity contribution < 1.29 is 19.1 Å². The molecule has 8 nitrogen and oxygen atoms in total. The zero-order chi connectivity index (χ0) is 25.5. The third-order valence-electron chi connectivity index (χ3n) is 6.62. The van der Waals surface area contributed by atoms with Crippen LogP contribution in [0.25, 0.3) is 0 Å². The van der Waals surface area contributed by atoms with Crippen molar-refractivity contribution in [3.05, 3.63) is 64.7 Å². The quantitative estimate of drug-likeness (QED) is 0.513. The van der Waals surface area contributed by atoms with E-state index < -0.39 is 0 Å². The van der Waals surface area contributed by atoms with Gasteiger partial charge >= 0.3 is 0 Å². The summed E-state index contributed by atoms with van der Waals surface area (Å²) in [5.74, 6) is 0.471. The fourth-order valence-electron chi connectivity index (χ4n) is 4.52. The van der Waals surface area contributed by atoms with Gasteiger partial charge < -0.3 is 14.4 Å². The molecular weight excluding hydrogens is 480 g/mol. The Kier molecular flexibility index (Phi) is 8.96. The number of halogens is 1. The molecule has 36 heavy (non-hydrogen) atoms. The van der Waals surface area contributed by atoms with E-state index in [0.29, 0.717) is 44.2 Å². The molecular formula is C27H33ClN4O4. The minimum atomic E-state index is -0.299. The highest BCUT2D eigenvalue weighted by molar-refractivity contribution is 6.34. The molecule has 0 spiro atoms. The molecule has 2 aliphatic rings. The van der Waals surface area contributed by atoms with Crippen molar-refractivity contribution in [2.75, 3.05) is 53.0 Å². The first-order chi connectivity index (χ1) is 17.5. The van der Waals surface area contributed by atoms with Crippen molar-refractivity contribution in [1.82, 2.24) is 14.8 Å². The molecule has 0 radical (unpaired) electrons. The van der Waals surface area contributed by atoms with E-state index in [-0.39, 0.29) is 24.4 Å². The zero-order valence-corrected chi connectivity index (χ0v) is 21.6. The number of rotatable bonds is 9. The number of hydrogen-bond donors (Lipinski definition) is 0. The van der Waals surface area contributed by atoms with Crippen LogP contribution in [-0.4, -0.2) is 85.4 Å². The SMILES string of the molecule is CCC(=O)N(CCN1CCOCC1)CC(=O)N1N=C(c2ccccc2Cl)C[C@@H]1c1ccc(OC)cc1. The van der Waals surface area contributed by atoms with Gasteiger partial charge in [0.05, 0.1) is 32.1 Å². The number of carbonyl (C=O) groups excluding carboxylic acids is 2. The fraction of sp³-hybridized carbons (Fsp3) is 0.444. The Bertz CT molecular complexity index is 1090. The maximum absolute atomic E-state index is 13.6. The van der Waals surface area contributed by atoms with Crippen molar-refractivity contribution in [3.8, 4) is 5.75 Å². The lowest BCUT2D eigenvalue weighted by Crippen LogP contribution is -2.46. The summed E-state index contributed by atoms with van der Waals surface area (Å²) in [7, 11) is 1.62. The van der Waals surface area contributed by atoms with Gasteiger partial charge in [0.15, 0.2) is 0 Å². The van der Waals surface area contributed by atoms with Crippen molar-refractivity contribution in [2.24, 2.45) is 5.10 Å². The van der Waals surface area contributed by atoms with Gasteiger partial charge in [0.1, 0.15) is 12.3 Å². The molecule has 0 unspecified atom stereocenters. The summed E-state index contributed by atoms with van der Waals surface area (Å²) in [6, 6.07) is 14.9. The van der Waals surface area contributed by atoms with Crippen molar-refractivity contribution in [3.63, 3.8) is 0 Å². The lowest BCUT2D eigenvalue weighted by Gasteiger charge is -2.31. The normalized spacial score (nSPS) is 18.1. The van der Waals surface area contributed by atoms with E-state index in [1.165, 1.54) is 5.01 Å². The molecule has 2 heterocycles. The summed E-state index contributed by atoms with van der Waals surface area (Å²) in [6.45, 7) is 6.04. The van der Waals surface area contributed by atoms with Crippen LogP contribution >= 0.6 is 11.6 Å². The average Bonchev–Trinajstić information content (AvgIpc) is 3.37. The van der Waals surface area contributed by atoms with Gasteiger partial charge in [0.2, 0.25) is 5.91 Å². The van der Waals surface area contributed by atoms with Crippen LogP contribution in [0.15, 0.2) is 53.6 Å². The first-order valence-corrected chi connectivity index (χ1v) is 12.7. The second kappa shape index (κ2) is 12.3. The van der Waals surface area contributed by atoms with E-state index in [4.69, 9.17) is 26.2 Å². The lowest BCUT2D eigenvalue weighted by molar-refractivity contribution is -0.141. The molecule has 1 saturated heterocycles. The maximum Gasteiger partial charge on any atom is 0.262 e. The molecule has 4 rings (SSSR count). The number of morpholine rings is 1. The number of nitrogens with zero attached hydrogens (tertiary/aromatic N) is 4. The van der Waals surface area contributed by atoms with Gasteiger partial charge in [0, 0.05) is 49.6 Å². The van der Waals surface area contributed by atoms with Crippen molar-refractivity contribution in [1.29, 1.82) is 0 Å². The van der Waals surface area contributed by atoms with Crippen molar-refractivity contribution >= 4 is 29.1 Å². The highest BCUT2D eigenvalue weighted by Crippen LogP contribution is 2.35. The summed E-state index contributed by atoms with van der Waals surface area (Å²) in [5.41, 5.74) is 2.50. The van der Waals surface area contributed by atoms with E-state index in [9.17, 15) is 9.59 Å². The molecule has 1 atom stereocenters. The van der Waals surface area contributed by atoms with E-state index in [2.05, 4.69) is 4.90 Å². The summed E-state index contributed by atoms with van der Waals surface area (Å²) in [5, 5.41) is 6.84. The van der Waals surface area contributed by atoms with Crippen molar-refractivity contribution in [2.45, 2.75) is 25.8 Å². The lowest BCUT2D eigenvalue weighted by atomic mass is 9.98. The summed E-state index contributed by atoms with van der Waals surface area (Å²) in [4.78, 5) is 30.3. The Morgan fingerprint density at radius 1 is 1.14 bits per heavy atom. The topological polar surface area (TPSA) is 74.7 Å². The zero-order valence-electron chi connectivity index (χ0n) is 20.9. The summed E-state index contributed by atoms with van der Waals surface area (Å²) >= 11 is 6.46. The van der Waals surface area contributed by atoms with Crippen LogP contribution < -0.4 is 4.74 Å². The number of methoxy groups -OCH3 is 1. The van der Waals surface area contributed by atoms with Crippen LogP contribution in [-0.2, 0) is 14.3 Å². The summed E-state index contributed by atoms with van der Waals surface area (Å²) < 4.78 is 10.7. The van der Waals surface area contributed by atoms with Crippen LogP contribution in [0.5, 0.6) is 5.75 Å². The van der Waals surface area contributed by atoms with Gasteiger partial charge in [-0.2, -0.15) is 5.10 Å². The largest absolute Gasteiger partial charge is 0.497 e. The molecule has 2 aliphatic heterocycles. The minimum absolute atomic E-state index is 0.0248. The van der Waals surface area contributed by atoms with Crippen LogP contribution in [0.2, 0.25) is 5.02 Å². The second-order valence-corrected chi connectivity index (χ2v) is 9.29. The molecule has 192 valence electrons. The van der Waals surface area contributed by atoms with E-state index in [1.54, 1.807) is 12.0 Å². The molecule has 2 aromatic carbocycles. The molecule has 1 fully saturated rings. The molecule has 2 amide bonds. The van der Waals surface area contributed by atoms with Gasteiger partial charge in [0.25, 0.3) is 5.91 Å². The van der Waals surface area contributed by atoms with Gasteiger partial charge in [-0.1, -0.05) is 48.9 Å². The van der Waals surface area contributed by atoms with E-state index in [0.717, 1.165) is 35.7 Å². The average molecular weight is 513 g/mol. The first kappa shape index (κ1) is 26.1. The third-order valence-corrected chi connectivity index (χ3v) is 6.95. The van der Waals surface area contributed by atoms with Crippen LogP contribution in [0.4, 0.5) is 0 Å². The smallest absolute Gasteiger partial charge is 0.262 e. The number of hydrazone groups is 1. The highest BCUT2D eigenvalue weighted by Gasteiger charge is 2.35. The van der Waals surface area contributed by atoms with Gasteiger partial charge in [-0.3, -0.25) is 14.5 Å². The Morgan fingerprint density at radius 2 is 1.86 bits per heavy atom.